The summed E-state index contributed by atoms with van der Waals surface area (Å²) in [5.41, 5.74) is 0. The van der Waals surface area contributed by atoms with E-state index in [2.05, 4.69) is 20.4 Å². The molecule has 0 bridgehead atoms. The number of carbonyl (C=O) groups excluding carboxylic acids is 1. The molecule has 2 rings (SSSR count). The van der Waals surface area contributed by atoms with Gasteiger partial charge < -0.3 is 9.84 Å². The number of hydrogen-bond acceptors (Lipinski definition) is 5. The molecular formula is C11H18N4O2. The van der Waals surface area contributed by atoms with Gasteiger partial charge in [0, 0.05) is 13.6 Å². The van der Waals surface area contributed by atoms with Gasteiger partial charge >= 0.3 is 0 Å². The number of nitrogens with one attached hydrogen (secondary N) is 1. The SMILES string of the molecule is CNC(=O)CN1CCCC(c2nc(C)no2)C1. The molecule has 0 aliphatic carbocycles. The fourth-order valence-corrected chi connectivity index (χ4v) is 2.16. The standard InChI is InChI=1S/C11H18N4O2/c1-8-13-11(17-14-8)9-4-3-5-15(6-9)7-10(16)12-2/h9H,3-7H2,1-2H3,(H,12,16). The van der Waals surface area contributed by atoms with E-state index in [0.29, 0.717) is 18.3 Å². The van der Waals surface area contributed by atoms with Gasteiger partial charge in [0.25, 0.3) is 0 Å². The summed E-state index contributed by atoms with van der Waals surface area (Å²) in [6, 6.07) is 0. The molecule has 0 aromatic carbocycles. The van der Waals surface area contributed by atoms with Crippen molar-refractivity contribution in [2.45, 2.75) is 25.7 Å². The first-order chi connectivity index (χ1) is 8.19. The van der Waals surface area contributed by atoms with Crippen LogP contribution in [0.2, 0.25) is 0 Å². The second-order valence-corrected chi connectivity index (χ2v) is 4.43. The number of aryl methyl sites for hydroxylation is 1. The summed E-state index contributed by atoms with van der Waals surface area (Å²) in [7, 11) is 1.66. The molecular weight excluding hydrogens is 220 g/mol. The van der Waals surface area contributed by atoms with Crippen LogP contribution in [0.5, 0.6) is 0 Å². The molecule has 17 heavy (non-hydrogen) atoms. The molecule has 0 radical (unpaired) electrons. The van der Waals surface area contributed by atoms with Crippen LogP contribution in [0.1, 0.15) is 30.5 Å². The summed E-state index contributed by atoms with van der Waals surface area (Å²) < 4.78 is 5.20. The Hall–Kier alpha value is -1.43. The number of likely N-dealkylation sites (N-methyl/N-ethyl adjacent to an activating group) is 1. The highest BCUT2D eigenvalue weighted by atomic mass is 16.5. The summed E-state index contributed by atoms with van der Waals surface area (Å²) in [5, 5.41) is 6.45. The van der Waals surface area contributed by atoms with Gasteiger partial charge in [0.2, 0.25) is 11.8 Å². The van der Waals surface area contributed by atoms with Crippen molar-refractivity contribution in [1.29, 1.82) is 0 Å². The molecule has 1 aromatic heterocycles. The molecule has 0 spiro atoms. The molecule has 1 aliphatic rings. The van der Waals surface area contributed by atoms with Gasteiger partial charge in [-0.25, -0.2) is 0 Å². The van der Waals surface area contributed by atoms with Crippen LogP contribution in [-0.2, 0) is 4.79 Å². The Morgan fingerprint density at radius 3 is 3.12 bits per heavy atom. The Bertz CT molecular complexity index is 391. The van der Waals surface area contributed by atoms with Gasteiger partial charge in [0.1, 0.15) is 0 Å². The molecule has 2 heterocycles. The fourth-order valence-electron chi connectivity index (χ4n) is 2.16. The number of aromatic nitrogens is 2. The predicted octanol–water partition coefficient (Wildman–Crippen LogP) is 0.303. The van der Waals surface area contributed by atoms with Gasteiger partial charge in [-0.05, 0) is 26.3 Å². The second-order valence-electron chi connectivity index (χ2n) is 4.43. The van der Waals surface area contributed by atoms with Crippen LogP contribution >= 0.6 is 0 Å². The van der Waals surface area contributed by atoms with Gasteiger partial charge in [-0.3, -0.25) is 9.69 Å². The van der Waals surface area contributed by atoms with Crippen molar-refractivity contribution < 1.29 is 9.32 Å². The van der Waals surface area contributed by atoms with Gasteiger partial charge in [-0.2, -0.15) is 4.98 Å². The molecule has 6 nitrogen and oxygen atoms in total. The van der Waals surface area contributed by atoms with Gasteiger partial charge in [-0.15, -0.1) is 0 Å². The lowest BCUT2D eigenvalue weighted by atomic mass is 9.98. The molecule has 1 fully saturated rings. The van der Waals surface area contributed by atoms with Crippen molar-refractivity contribution in [2.75, 3.05) is 26.7 Å². The van der Waals surface area contributed by atoms with Crippen LogP contribution in [0.3, 0.4) is 0 Å². The molecule has 1 unspecified atom stereocenters. The van der Waals surface area contributed by atoms with Crippen molar-refractivity contribution in [1.82, 2.24) is 20.4 Å². The Labute approximate surface area is 100 Å². The predicted molar refractivity (Wildman–Crippen MR) is 61.5 cm³/mol. The maximum Gasteiger partial charge on any atom is 0.233 e. The summed E-state index contributed by atoms with van der Waals surface area (Å²) in [4.78, 5) is 17.7. The van der Waals surface area contributed by atoms with Crippen LogP contribution in [0.15, 0.2) is 4.52 Å². The van der Waals surface area contributed by atoms with E-state index in [1.807, 2.05) is 6.92 Å². The number of amides is 1. The lowest BCUT2D eigenvalue weighted by Crippen LogP contribution is -2.41. The fraction of sp³-hybridized carbons (Fsp3) is 0.727. The van der Waals surface area contributed by atoms with Crippen LogP contribution in [0.4, 0.5) is 0 Å². The zero-order valence-electron chi connectivity index (χ0n) is 10.3. The van der Waals surface area contributed by atoms with E-state index in [4.69, 9.17) is 4.52 Å². The van der Waals surface area contributed by atoms with Crippen LogP contribution < -0.4 is 5.32 Å². The third-order valence-corrected chi connectivity index (χ3v) is 3.04. The molecule has 1 aromatic rings. The first-order valence-electron chi connectivity index (χ1n) is 5.92. The van der Waals surface area contributed by atoms with Crippen molar-refractivity contribution >= 4 is 5.91 Å². The van der Waals surface area contributed by atoms with E-state index in [1.54, 1.807) is 7.05 Å². The lowest BCUT2D eigenvalue weighted by molar-refractivity contribution is -0.122. The summed E-state index contributed by atoms with van der Waals surface area (Å²) in [6.45, 7) is 4.03. The Morgan fingerprint density at radius 1 is 1.65 bits per heavy atom. The topological polar surface area (TPSA) is 71.3 Å². The minimum atomic E-state index is 0.0485. The number of rotatable bonds is 3. The molecule has 1 amide bonds. The first kappa shape index (κ1) is 12.0. The van der Waals surface area contributed by atoms with E-state index in [0.717, 1.165) is 25.9 Å². The quantitative estimate of drug-likeness (QED) is 0.820. The molecule has 1 saturated heterocycles. The minimum Gasteiger partial charge on any atom is -0.358 e. The first-order valence-corrected chi connectivity index (χ1v) is 5.92. The van der Waals surface area contributed by atoms with Crippen LogP contribution in [0.25, 0.3) is 0 Å². The minimum absolute atomic E-state index is 0.0485. The van der Waals surface area contributed by atoms with Crippen molar-refractivity contribution in [3.05, 3.63) is 11.7 Å². The number of nitrogens with zero attached hydrogens (tertiary/aromatic N) is 3. The maximum absolute atomic E-state index is 11.3. The zero-order valence-corrected chi connectivity index (χ0v) is 10.3. The molecule has 94 valence electrons. The number of likely N-dealkylation sites (tertiary alicyclic amines) is 1. The molecule has 1 atom stereocenters. The van der Waals surface area contributed by atoms with Gasteiger partial charge in [0.15, 0.2) is 5.82 Å². The highest BCUT2D eigenvalue weighted by molar-refractivity contribution is 5.77. The summed E-state index contributed by atoms with van der Waals surface area (Å²) in [6.07, 6.45) is 2.11. The lowest BCUT2D eigenvalue weighted by Gasteiger charge is -2.30. The largest absolute Gasteiger partial charge is 0.358 e. The van der Waals surface area contributed by atoms with E-state index >= 15 is 0 Å². The van der Waals surface area contributed by atoms with Crippen LogP contribution in [0, 0.1) is 6.92 Å². The normalized spacial score (nSPS) is 21.4. The number of piperidine rings is 1. The molecule has 6 heteroatoms. The second kappa shape index (κ2) is 5.27. The average Bonchev–Trinajstić information content (AvgIpc) is 2.76. The Morgan fingerprint density at radius 2 is 2.47 bits per heavy atom. The van der Waals surface area contributed by atoms with E-state index in [1.165, 1.54) is 0 Å². The third kappa shape index (κ3) is 3.03. The smallest absolute Gasteiger partial charge is 0.233 e. The monoisotopic (exact) mass is 238 g/mol. The number of carbonyl (C=O) groups is 1. The van der Waals surface area contributed by atoms with E-state index < -0.39 is 0 Å². The number of hydrogen-bond donors (Lipinski definition) is 1. The van der Waals surface area contributed by atoms with Gasteiger partial charge in [0.05, 0.1) is 12.5 Å². The highest BCUT2D eigenvalue weighted by Gasteiger charge is 2.26. The molecule has 0 saturated carbocycles. The van der Waals surface area contributed by atoms with E-state index in [-0.39, 0.29) is 11.8 Å². The van der Waals surface area contributed by atoms with Crippen molar-refractivity contribution in [2.24, 2.45) is 0 Å². The van der Waals surface area contributed by atoms with E-state index in [9.17, 15) is 4.79 Å². The highest BCUT2D eigenvalue weighted by Crippen LogP contribution is 2.25. The Balaban J connectivity index is 1.95. The van der Waals surface area contributed by atoms with Gasteiger partial charge in [-0.1, -0.05) is 5.16 Å². The van der Waals surface area contributed by atoms with Crippen molar-refractivity contribution in [3.8, 4) is 0 Å². The maximum atomic E-state index is 11.3. The summed E-state index contributed by atoms with van der Waals surface area (Å²) >= 11 is 0. The van der Waals surface area contributed by atoms with Crippen molar-refractivity contribution in [3.63, 3.8) is 0 Å². The Kier molecular flexibility index (Phi) is 3.73. The van der Waals surface area contributed by atoms with Crippen LogP contribution in [-0.4, -0.2) is 47.6 Å². The average molecular weight is 238 g/mol. The zero-order chi connectivity index (χ0) is 12.3. The third-order valence-electron chi connectivity index (χ3n) is 3.04. The summed E-state index contributed by atoms with van der Waals surface area (Å²) in [5.74, 6) is 1.68. The molecule has 1 N–H and O–H groups in total. The molecule has 1 aliphatic heterocycles.